The highest BCUT2D eigenvalue weighted by Gasteiger charge is 2.29. The zero-order chi connectivity index (χ0) is 22.8. The van der Waals surface area contributed by atoms with Crippen molar-refractivity contribution in [1.29, 1.82) is 0 Å². The molecule has 0 radical (unpaired) electrons. The van der Waals surface area contributed by atoms with Gasteiger partial charge in [0.25, 0.3) is 0 Å². The zero-order valence-electron chi connectivity index (χ0n) is 18.7. The lowest BCUT2D eigenvalue weighted by Gasteiger charge is -2.18. The van der Waals surface area contributed by atoms with Crippen LogP contribution in [0.25, 0.3) is 10.8 Å². The molecule has 0 saturated heterocycles. The summed E-state index contributed by atoms with van der Waals surface area (Å²) in [6.07, 6.45) is 0. The minimum atomic E-state index is -3.65. The number of nitrogens with zero attached hydrogens (tertiary/aromatic N) is 3. The Balaban J connectivity index is 1.77. The van der Waals surface area contributed by atoms with E-state index in [-0.39, 0.29) is 23.4 Å². The highest BCUT2D eigenvalue weighted by Crippen LogP contribution is 2.24. The molecule has 1 atom stereocenters. The number of carbonyl (C=O) groups excluding carboxylic acids is 1. The summed E-state index contributed by atoms with van der Waals surface area (Å²) in [5.74, 6) is -0.224. The number of rotatable bonds is 8. The van der Waals surface area contributed by atoms with Gasteiger partial charge in [0.2, 0.25) is 15.9 Å². The standard InChI is InChI=1S/C23H30N4O3S/c1-6-26(7-2)31(29,30)23-17(4)25-27(18(23)5)15-22(28)24-16(3)20-13-12-19-10-8-9-11-21(19)14-20/h8-14,16H,6-7,15H2,1-5H3,(H,24,28)/t16-/m0/s1. The van der Waals surface area contributed by atoms with Gasteiger partial charge in [0.1, 0.15) is 11.4 Å². The van der Waals surface area contributed by atoms with Crippen LogP contribution in [0.15, 0.2) is 47.4 Å². The maximum Gasteiger partial charge on any atom is 0.246 e. The molecule has 0 spiro atoms. The van der Waals surface area contributed by atoms with Crippen molar-refractivity contribution in [2.45, 2.75) is 52.1 Å². The van der Waals surface area contributed by atoms with Gasteiger partial charge >= 0.3 is 0 Å². The maximum absolute atomic E-state index is 13.0. The normalized spacial score (nSPS) is 13.0. The molecule has 0 aliphatic heterocycles. The van der Waals surface area contributed by atoms with Gasteiger partial charge in [-0.3, -0.25) is 9.48 Å². The summed E-state index contributed by atoms with van der Waals surface area (Å²) >= 11 is 0. The van der Waals surface area contributed by atoms with Gasteiger partial charge in [0.15, 0.2) is 0 Å². The van der Waals surface area contributed by atoms with Gasteiger partial charge in [-0.15, -0.1) is 0 Å². The molecule has 2 aromatic carbocycles. The molecule has 3 rings (SSSR count). The number of hydrogen-bond donors (Lipinski definition) is 1. The minimum absolute atomic E-state index is 0.0433. The van der Waals surface area contributed by atoms with E-state index in [4.69, 9.17) is 0 Å². The lowest BCUT2D eigenvalue weighted by atomic mass is 10.0. The molecule has 0 unspecified atom stereocenters. The average Bonchev–Trinajstić information content (AvgIpc) is 3.01. The third-order valence-corrected chi connectivity index (χ3v) is 7.87. The van der Waals surface area contributed by atoms with Crippen molar-refractivity contribution in [2.75, 3.05) is 13.1 Å². The Kier molecular flexibility index (Phi) is 6.81. The molecule has 1 amide bonds. The number of nitrogens with one attached hydrogen (secondary N) is 1. The fraction of sp³-hybridized carbons (Fsp3) is 0.391. The van der Waals surface area contributed by atoms with Crippen molar-refractivity contribution in [3.8, 4) is 0 Å². The molecule has 31 heavy (non-hydrogen) atoms. The Morgan fingerprint density at radius 1 is 1.10 bits per heavy atom. The topological polar surface area (TPSA) is 84.3 Å². The third-order valence-electron chi connectivity index (χ3n) is 5.56. The van der Waals surface area contributed by atoms with Crippen molar-refractivity contribution in [3.05, 3.63) is 59.4 Å². The molecule has 1 aromatic heterocycles. The van der Waals surface area contributed by atoms with Crippen LogP contribution in [0.1, 0.15) is 43.8 Å². The number of aryl methyl sites for hydroxylation is 1. The Labute approximate surface area is 184 Å². The van der Waals surface area contributed by atoms with Crippen LogP contribution in [0, 0.1) is 13.8 Å². The van der Waals surface area contributed by atoms with Crippen molar-refractivity contribution in [2.24, 2.45) is 0 Å². The smallest absolute Gasteiger partial charge is 0.246 e. The lowest BCUT2D eigenvalue weighted by molar-refractivity contribution is -0.122. The highest BCUT2D eigenvalue weighted by molar-refractivity contribution is 7.89. The van der Waals surface area contributed by atoms with E-state index in [0.717, 1.165) is 16.3 Å². The summed E-state index contributed by atoms with van der Waals surface area (Å²) in [6.45, 7) is 9.61. The monoisotopic (exact) mass is 442 g/mol. The lowest BCUT2D eigenvalue weighted by Crippen LogP contribution is -2.32. The quantitative estimate of drug-likeness (QED) is 0.578. The number of carbonyl (C=O) groups is 1. The fourth-order valence-corrected chi connectivity index (χ4v) is 5.71. The van der Waals surface area contributed by atoms with Crippen LogP contribution in [-0.4, -0.2) is 41.5 Å². The molecule has 0 saturated carbocycles. The summed E-state index contributed by atoms with van der Waals surface area (Å²) in [5, 5.41) is 9.59. The second kappa shape index (κ2) is 9.20. The molecular formula is C23H30N4O3S. The van der Waals surface area contributed by atoms with Gasteiger partial charge in [-0.1, -0.05) is 50.2 Å². The van der Waals surface area contributed by atoms with Crippen LogP contribution >= 0.6 is 0 Å². The number of sulfonamides is 1. The van der Waals surface area contributed by atoms with Gasteiger partial charge in [0.05, 0.1) is 17.4 Å². The molecule has 1 N–H and O–H groups in total. The Bertz CT molecular complexity index is 1200. The first-order valence-corrected chi connectivity index (χ1v) is 11.9. The molecule has 0 bridgehead atoms. The second-order valence-corrected chi connectivity index (χ2v) is 9.52. The Hall–Kier alpha value is -2.71. The molecule has 0 aliphatic carbocycles. The van der Waals surface area contributed by atoms with Gasteiger partial charge in [-0.05, 0) is 43.2 Å². The number of fused-ring (bicyclic) bond motifs is 1. The van der Waals surface area contributed by atoms with Gasteiger partial charge in [-0.2, -0.15) is 9.40 Å². The van der Waals surface area contributed by atoms with Crippen molar-refractivity contribution >= 4 is 26.7 Å². The maximum atomic E-state index is 13.0. The number of aromatic nitrogens is 2. The molecule has 0 aliphatic rings. The SMILES string of the molecule is CCN(CC)S(=O)(=O)c1c(C)nn(CC(=O)N[C@@H](C)c2ccc3ccccc3c2)c1C. The minimum Gasteiger partial charge on any atom is -0.348 e. The van der Waals surface area contributed by atoms with Gasteiger partial charge in [0, 0.05) is 13.1 Å². The molecule has 1 heterocycles. The fourth-order valence-electron chi connectivity index (χ4n) is 3.88. The predicted molar refractivity (Wildman–Crippen MR) is 122 cm³/mol. The summed E-state index contributed by atoms with van der Waals surface area (Å²) in [5.41, 5.74) is 1.88. The first-order chi connectivity index (χ1) is 14.7. The van der Waals surface area contributed by atoms with Crippen LogP contribution in [0.2, 0.25) is 0 Å². The van der Waals surface area contributed by atoms with E-state index < -0.39 is 10.0 Å². The summed E-state index contributed by atoms with van der Waals surface area (Å²) in [6, 6.07) is 14.0. The van der Waals surface area contributed by atoms with Crippen molar-refractivity contribution in [1.82, 2.24) is 19.4 Å². The van der Waals surface area contributed by atoms with Crippen molar-refractivity contribution in [3.63, 3.8) is 0 Å². The highest BCUT2D eigenvalue weighted by atomic mass is 32.2. The van der Waals surface area contributed by atoms with E-state index in [1.54, 1.807) is 27.7 Å². The molecule has 166 valence electrons. The number of benzene rings is 2. The largest absolute Gasteiger partial charge is 0.348 e. The second-order valence-electron chi connectivity index (χ2n) is 7.64. The van der Waals surface area contributed by atoms with Gasteiger partial charge < -0.3 is 5.32 Å². The third kappa shape index (κ3) is 4.65. The zero-order valence-corrected chi connectivity index (χ0v) is 19.5. The predicted octanol–water partition coefficient (Wildman–Crippen LogP) is 3.56. The van der Waals surface area contributed by atoms with Crippen LogP contribution < -0.4 is 5.32 Å². The van der Waals surface area contributed by atoms with Crippen LogP contribution in [0.5, 0.6) is 0 Å². The molecular weight excluding hydrogens is 412 g/mol. The van der Waals surface area contributed by atoms with Gasteiger partial charge in [-0.25, -0.2) is 8.42 Å². The van der Waals surface area contributed by atoms with E-state index in [2.05, 4.69) is 22.5 Å². The summed E-state index contributed by atoms with van der Waals surface area (Å²) < 4.78 is 28.8. The van der Waals surface area contributed by atoms with E-state index >= 15 is 0 Å². The first kappa shape index (κ1) is 23.0. The Morgan fingerprint density at radius 2 is 1.74 bits per heavy atom. The van der Waals surface area contributed by atoms with Crippen LogP contribution in [0.3, 0.4) is 0 Å². The van der Waals surface area contributed by atoms with E-state index in [9.17, 15) is 13.2 Å². The van der Waals surface area contributed by atoms with E-state index in [1.807, 2.05) is 37.3 Å². The van der Waals surface area contributed by atoms with E-state index in [1.165, 1.54) is 8.99 Å². The van der Waals surface area contributed by atoms with Crippen LogP contribution in [0.4, 0.5) is 0 Å². The molecule has 8 heteroatoms. The van der Waals surface area contributed by atoms with E-state index in [0.29, 0.717) is 24.5 Å². The summed E-state index contributed by atoms with van der Waals surface area (Å²) in [4.78, 5) is 12.9. The first-order valence-electron chi connectivity index (χ1n) is 10.5. The number of amides is 1. The molecule has 3 aromatic rings. The number of hydrogen-bond acceptors (Lipinski definition) is 4. The molecule has 7 nitrogen and oxygen atoms in total. The molecule has 0 fully saturated rings. The average molecular weight is 443 g/mol. The van der Waals surface area contributed by atoms with Crippen molar-refractivity contribution < 1.29 is 13.2 Å². The Morgan fingerprint density at radius 3 is 2.39 bits per heavy atom. The van der Waals surface area contributed by atoms with Crippen LogP contribution in [-0.2, 0) is 21.4 Å². The summed E-state index contributed by atoms with van der Waals surface area (Å²) in [7, 11) is -3.65.